The molecule has 1 aliphatic heterocycles. The largest absolute Gasteiger partial charge is 0.328 e. The lowest BCUT2D eigenvalue weighted by Gasteiger charge is -2.30. The average molecular weight is 268 g/mol. The number of para-hydroxylation sites is 2. The van der Waals surface area contributed by atoms with Crippen molar-refractivity contribution in [2.45, 2.75) is 26.3 Å². The topological polar surface area (TPSA) is 44.9 Å². The van der Waals surface area contributed by atoms with Crippen LogP contribution >= 0.6 is 0 Å². The number of nitrogens with zero attached hydrogens (tertiary/aromatic N) is 4. The Morgan fingerprint density at radius 3 is 2.80 bits per heavy atom. The van der Waals surface area contributed by atoms with Crippen molar-refractivity contribution in [3.8, 4) is 6.07 Å². The van der Waals surface area contributed by atoms with Gasteiger partial charge in [0.05, 0.1) is 23.6 Å². The van der Waals surface area contributed by atoms with E-state index in [1.54, 1.807) is 0 Å². The van der Waals surface area contributed by atoms with Gasteiger partial charge in [-0.2, -0.15) is 5.26 Å². The van der Waals surface area contributed by atoms with Crippen LogP contribution in [0.25, 0.3) is 11.0 Å². The number of benzene rings is 1. The van der Waals surface area contributed by atoms with Gasteiger partial charge in [-0.05, 0) is 50.9 Å². The molecular weight excluding hydrogens is 248 g/mol. The zero-order valence-electron chi connectivity index (χ0n) is 11.9. The highest BCUT2D eigenvalue weighted by atomic mass is 15.1. The van der Waals surface area contributed by atoms with E-state index in [4.69, 9.17) is 5.26 Å². The third-order valence-corrected chi connectivity index (χ3v) is 4.29. The number of hydrogen-bond donors (Lipinski definition) is 0. The number of likely N-dealkylation sites (tertiary alicyclic amines) is 1. The summed E-state index contributed by atoms with van der Waals surface area (Å²) in [6.45, 7) is 5.80. The minimum Gasteiger partial charge on any atom is -0.328 e. The molecule has 1 aromatic heterocycles. The monoisotopic (exact) mass is 268 g/mol. The lowest BCUT2D eigenvalue weighted by Crippen LogP contribution is -2.35. The van der Waals surface area contributed by atoms with Gasteiger partial charge in [-0.3, -0.25) is 4.90 Å². The Morgan fingerprint density at radius 2 is 2.05 bits per heavy atom. The third kappa shape index (κ3) is 2.54. The Morgan fingerprint density at radius 1 is 1.30 bits per heavy atom. The summed E-state index contributed by atoms with van der Waals surface area (Å²) in [5.74, 6) is 1.80. The maximum atomic E-state index is 8.74. The van der Waals surface area contributed by atoms with Gasteiger partial charge in [-0.25, -0.2) is 4.98 Å². The van der Waals surface area contributed by atoms with Crippen LogP contribution in [0.3, 0.4) is 0 Å². The smallest absolute Gasteiger partial charge is 0.106 e. The maximum absolute atomic E-state index is 8.74. The summed E-state index contributed by atoms with van der Waals surface area (Å²) < 4.78 is 2.35. The molecule has 1 aromatic carbocycles. The highest BCUT2D eigenvalue weighted by Crippen LogP contribution is 2.23. The van der Waals surface area contributed by atoms with E-state index in [1.807, 2.05) is 6.07 Å². The van der Waals surface area contributed by atoms with E-state index in [2.05, 4.69) is 45.6 Å². The highest BCUT2D eigenvalue weighted by molar-refractivity contribution is 5.75. The number of aromatic nitrogens is 2. The van der Waals surface area contributed by atoms with Gasteiger partial charge < -0.3 is 4.57 Å². The fraction of sp³-hybridized carbons (Fsp3) is 0.500. The first-order chi connectivity index (χ1) is 9.78. The first-order valence-electron chi connectivity index (χ1n) is 7.29. The minimum absolute atomic E-state index is 0.569. The molecule has 1 aliphatic rings. The first-order valence-corrected chi connectivity index (χ1v) is 7.29. The zero-order chi connectivity index (χ0) is 13.9. The van der Waals surface area contributed by atoms with Crippen molar-refractivity contribution in [1.29, 1.82) is 5.26 Å². The summed E-state index contributed by atoms with van der Waals surface area (Å²) in [6, 6.07) is 10.6. The molecule has 0 aliphatic carbocycles. The zero-order valence-corrected chi connectivity index (χ0v) is 11.9. The quantitative estimate of drug-likeness (QED) is 0.804. The number of imidazole rings is 1. The molecule has 0 saturated carbocycles. The Hall–Kier alpha value is -1.86. The van der Waals surface area contributed by atoms with Gasteiger partial charge in [0.2, 0.25) is 0 Å². The van der Waals surface area contributed by atoms with Gasteiger partial charge in [0.25, 0.3) is 0 Å². The molecule has 20 heavy (non-hydrogen) atoms. The van der Waals surface area contributed by atoms with Crippen LogP contribution in [-0.2, 0) is 6.54 Å². The van der Waals surface area contributed by atoms with Crippen molar-refractivity contribution >= 4 is 11.0 Å². The van der Waals surface area contributed by atoms with Gasteiger partial charge in [0.1, 0.15) is 5.82 Å². The van der Waals surface area contributed by atoms with Crippen molar-refractivity contribution < 1.29 is 0 Å². The van der Waals surface area contributed by atoms with Gasteiger partial charge in [-0.15, -0.1) is 0 Å². The fourth-order valence-electron chi connectivity index (χ4n) is 3.11. The van der Waals surface area contributed by atoms with Crippen molar-refractivity contribution in [3.63, 3.8) is 0 Å². The molecule has 4 heteroatoms. The number of aryl methyl sites for hydroxylation is 1. The van der Waals surface area contributed by atoms with Crippen LogP contribution < -0.4 is 0 Å². The molecular formula is C16H20N4. The van der Waals surface area contributed by atoms with Crippen LogP contribution in [0.2, 0.25) is 0 Å². The van der Waals surface area contributed by atoms with Gasteiger partial charge in [0.15, 0.2) is 0 Å². The lowest BCUT2D eigenvalue weighted by molar-refractivity contribution is 0.190. The Balaban J connectivity index is 1.72. The molecule has 0 unspecified atom stereocenters. The summed E-state index contributed by atoms with van der Waals surface area (Å²) in [5, 5.41) is 8.74. The van der Waals surface area contributed by atoms with Crippen molar-refractivity contribution in [2.75, 3.05) is 19.6 Å². The Kier molecular flexibility index (Phi) is 3.70. The second kappa shape index (κ2) is 5.64. The predicted octanol–water partition coefficient (Wildman–Crippen LogP) is 2.58. The van der Waals surface area contributed by atoms with Crippen molar-refractivity contribution in [1.82, 2.24) is 14.5 Å². The number of nitriles is 1. The first kappa shape index (κ1) is 13.1. The fourth-order valence-corrected chi connectivity index (χ4v) is 3.11. The van der Waals surface area contributed by atoms with Gasteiger partial charge in [-0.1, -0.05) is 12.1 Å². The van der Waals surface area contributed by atoms with Crippen molar-refractivity contribution in [2.24, 2.45) is 5.92 Å². The summed E-state index contributed by atoms with van der Waals surface area (Å²) in [7, 11) is 0. The normalized spacial score (nSPS) is 17.4. The van der Waals surface area contributed by atoms with E-state index in [-0.39, 0.29) is 0 Å². The van der Waals surface area contributed by atoms with Crippen LogP contribution in [-0.4, -0.2) is 34.1 Å². The second-order valence-corrected chi connectivity index (χ2v) is 5.64. The number of rotatable bonds is 3. The van der Waals surface area contributed by atoms with Crippen LogP contribution in [0.15, 0.2) is 24.3 Å². The molecule has 0 spiro atoms. The SMILES string of the molecule is Cc1nc2ccccc2n1CC1CCN(CC#N)CC1. The Bertz CT molecular complexity index is 629. The molecule has 3 rings (SSSR count). The molecule has 2 heterocycles. The van der Waals surface area contributed by atoms with Crippen LogP contribution in [0, 0.1) is 24.2 Å². The Labute approximate surface area is 119 Å². The van der Waals surface area contributed by atoms with Gasteiger partial charge in [0, 0.05) is 6.54 Å². The van der Waals surface area contributed by atoms with E-state index in [0.29, 0.717) is 12.5 Å². The summed E-state index contributed by atoms with van der Waals surface area (Å²) >= 11 is 0. The number of piperidine rings is 1. The van der Waals surface area contributed by atoms with Crippen LogP contribution in [0.4, 0.5) is 0 Å². The molecule has 4 nitrogen and oxygen atoms in total. The molecule has 1 saturated heterocycles. The van der Waals surface area contributed by atoms with Crippen molar-refractivity contribution in [3.05, 3.63) is 30.1 Å². The van der Waals surface area contributed by atoms with E-state index in [9.17, 15) is 0 Å². The van der Waals surface area contributed by atoms with E-state index >= 15 is 0 Å². The summed E-state index contributed by atoms with van der Waals surface area (Å²) in [5.41, 5.74) is 2.33. The lowest BCUT2D eigenvalue weighted by atomic mass is 9.96. The average Bonchev–Trinajstić information content (AvgIpc) is 2.78. The molecule has 0 amide bonds. The molecule has 0 radical (unpaired) electrons. The molecule has 2 aromatic rings. The molecule has 0 bridgehead atoms. The maximum Gasteiger partial charge on any atom is 0.106 e. The summed E-state index contributed by atoms with van der Waals surface area (Å²) in [6.07, 6.45) is 2.35. The number of hydrogen-bond acceptors (Lipinski definition) is 3. The van der Waals surface area contributed by atoms with E-state index < -0.39 is 0 Å². The second-order valence-electron chi connectivity index (χ2n) is 5.64. The highest BCUT2D eigenvalue weighted by Gasteiger charge is 2.20. The van der Waals surface area contributed by atoms with Crippen LogP contribution in [0.1, 0.15) is 18.7 Å². The number of fused-ring (bicyclic) bond motifs is 1. The molecule has 1 fully saturated rings. The van der Waals surface area contributed by atoms with Gasteiger partial charge >= 0.3 is 0 Å². The summed E-state index contributed by atoms with van der Waals surface area (Å²) in [4.78, 5) is 6.88. The molecule has 0 atom stereocenters. The standard InChI is InChI=1S/C16H20N4/c1-13-18-15-4-2-3-5-16(15)20(13)12-14-6-9-19(10-7-14)11-8-17/h2-5,14H,6-7,9-12H2,1H3. The molecule has 104 valence electrons. The third-order valence-electron chi connectivity index (χ3n) is 4.29. The minimum atomic E-state index is 0.569. The van der Waals surface area contributed by atoms with E-state index in [0.717, 1.165) is 31.0 Å². The van der Waals surface area contributed by atoms with Crippen LogP contribution in [0.5, 0.6) is 0 Å². The molecule has 0 N–H and O–H groups in total. The van der Waals surface area contributed by atoms with E-state index in [1.165, 1.54) is 18.4 Å². The predicted molar refractivity (Wildman–Crippen MR) is 79.2 cm³/mol.